The van der Waals surface area contributed by atoms with Gasteiger partial charge in [0.1, 0.15) is 0 Å². The Morgan fingerprint density at radius 1 is 0.565 bits per heavy atom. The van der Waals surface area contributed by atoms with Crippen molar-refractivity contribution in [3.05, 3.63) is 0 Å². The van der Waals surface area contributed by atoms with E-state index in [1.165, 1.54) is 72.2 Å². The van der Waals surface area contributed by atoms with Crippen molar-refractivity contribution < 1.29 is 4.74 Å². The molecule has 8 saturated carbocycles. The molecule has 0 N–H and O–H groups in total. The fraction of sp³-hybridized carbons (Fsp3) is 1.00. The van der Waals surface area contributed by atoms with Gasteiger partial charge in [-0.2, -0.15) is 0 Å². The van der Waals surface area contributed by atoms with Crippen LogP contribution in [0.25, 0.3) is 0 Å². The highest BCUT2D eigenvalue weighted by Crippen LogP contribution is 2.91. The average molecular weight is 308 g/mol. The molecule has 23 heavy (non-hydrogen) atoms. The summed E-state index contributed by atoms with van der Waals surface area (Å²) in [5.41, 5.74) is 0.684. The Hall–Kier alpha value is -0.0400. The summed E-state index contributed by atoms with van der Waals surface area (Å²) < 4.78 is 6.19. The number of rotatable bonds is 0. The summed E-state index contributed by atoms with van der Waals surface area (Å²) >= 11 is 0. The number of ether oxygens (including phenoxy) is 1. The monoisotopic (exact) mass is 308 g/mol. The lowest BCUT2D eigenvalue weighted by Crippen LogP contribution is -2.40. The lowest BCUT2D eigenvalue weighted by Gasteiger charge is -2.41. The van der Waals surface area contributed by atoms with Gasteiger partial charge in [0, 0.05) is 12.0 Å². The maximum atomic E-state index is 6.19. The molecule has 0 aromatic heterocycles. The molecule has 1 heteroatoms. The predicted molar refractivity (Wildman–Crippen MR) is 85.2 cm³/mol. The largest absolute Gasteiger partial charge is 0.381 e. The summed E-state index contributed by atoms with van der Waals surface area (Å²) in [4.78, 5) is 0. The van der Waals surface area contributed by atoms with Gasteiger partial charge >= 0.3 is 0 Å². The van der Waals surface area contributed by atoms with E-state index in [4.69, 9.17) is 4.74 Å². The SMILES string of the molecule is C1CC2(CO1)[C@@H]1[C@@H]3CC[C@@H]4C5C6[C@H]7[C@H]8[C@@H](CC[C@@H]58)[C@H]2[C@@H]7[C@H]1[C@H]6[C@H]34. The van der Waals surface area contributed by atoms with Crippen molar-refractivity contribution in [2.24, 2.45) is 88.3 Å². The van der Waals surface area contributed by atoms with Gasteiger partial charge in [-0.05, 0) is 115 Å². The number of fused-ring (bicyclic) bond motifs is 6. The second-order valence-electron chi connectivity index (χ2n) is 11.5. The Morgan fingerprint density at radius 3 is 1.65 bits per heavy atom. The van der Waals surface area contributed by atoms with Crippen LogP contribution in [0.3, 0.4) is 0 Å². The van der Waals surface area contributed by atoms with Gasteiger partial charge in [0.15, 0.2) is 0 Å². The highest BCUT2D eigenvalue weighted by Gasteiger charge is 2.87. The van der Waals surface area contributed by atoms with Crippen LogP contribution in [0.1, 0.15) is 32.1 Å². The quantitative estimate of drug-likeness (QED) is 0.663. The third-order valence-corrected chi connectivity index (χ3v) is 12.4. The van der Waals surface area contributed by atoms with Gasteiger partial charge in [-0.1, -0.05) is 0 Å². The molecule has 0 radical (unpaired) electrons. The third kappa shape index (κ3) is 0.825. The molecule has 1 heterocycles. The average Bonchev–Trinajstić information content (AvgIpc) is 3.33. The van der Waals surface area contributed by atoms with Gasteiger partial charge in [0.05, 0.1) is 6.61 Å². The molecule has 9 aliphatic rings. The van der Waals surface area contributed by atoms with Crippen molar-refractivity contribution in [2.75, 3.05) is 13.2 Å². The molecule has 9 rings (SSSR count). The molecule has 8 aliphatic carbocycles. The molecule has 3 unspecified atom stereocenters. The van der Waals surface area contributed by atoms with Crippen molar-refractivity contribution in [1.82, 2.24) is 0 Å². The summed E-state index contributed by atoms with van der Waals surface area (Å²) in [6, 6.07) is 0. The number of hydrogen-bond acceptors (Lipinski definition) is 1. The van der Waals surface area contributed by atoms with E-state index < -0.39 is 0 Å². The second kappa shape index (κ2) is 3.08. The lowest BCUT2D eigenvalue weighted by molar-refractivity contribution is 0.0276. The van der Waals surface area contributed by atoms with E-state index in [0.29, 0.717) is 5.41 Å². The molecular formula is C22H28O. The Labute approximate surface area is 138 Å². The Bertz CT molecular complexity index is 600. The van der Waals surface area contributed by atoms with E-state index in [0.717, 1.165) is 30.3 Å². The molecule has 1 aliphatic heterocycles. The summed E-state index contributed by atoms with van der Waals surface area (Å²) in [5, 5.41) is 0. The molecule has 9 fully saturated rings. The minimum Gasteiger partial charge on any atom is -0.381 e. The van der Waals surface area contributed by atoms with Crippen molar-refractivity contribution >= 4 is 0 Å². The third-order valence-electron chi connectivity index (χ3n) is 12.4. The molecule has 1 spiro atoms. The molecule has 1 saturated heterocycles. The van der Waals surface area contributed by atoms with E-state index in [1.54, 1.807) is 25.7 Å². The summed E-state index contributed by atoms with van der Waals surface area (Å²) in [6.07, 6.45) is 8.01. The van der Waals surface area contributed by atoms with Crippen LogP contribution in [-0.2, 0) is 4.74 Å². The van der Waals surface area contributed by atoms with Gasteiger partial charge in [-0.25, -0.2) is 0 Å². The zero-order valence-corrected chi connectivity index (χ0v) is 13.9. The van der Waals surface area contributed by atoms with Crippen LogP contribution in [0, 0.1) is 88.3 Å². The fourth-order valence-corrected chi connectivity index (χ4v) is 13.3. The van der Waals surface area contributed by atoms with Crippen molar-refractivity contribution in [3.8, 4) is 0 Å². The van der Waals surface area contributed by atoms with Crippen molar-refractivity contribution in [3.63, 3.8) is 0 Å². The molecule has 122 valence electrons. The first kappa shape index (κ1) is 11.6. The van der Waals surface area contributed by atoms with E-state index in [9.17, 15) is 0 Å². The fourth-order valence-electron chi connectivity index (χ4n) is 13.3. The summed E-state index contributed by atoms with van der Waals surface area (Å²) in [6.45, 7) is 2.29. The van der Waals surface area contributed by atoms with Gasteiger partial charge in [0.25, 0.3) is 0 Å². The second-order valence-corrected chi connectivity index (χ2v) is 11.5. The van der Waals surface area contributed by atoms with Gasteiger partial charge in [-0.3, -0.25) is 0 Å². The van der Waals surface area contributed by atoms with E-state index >= 15 is 0 Å². The normalized spacial score (nSPS) is 82.4. The van der Waals surface area contributed by atoms with E-state index in [1.807, 2.05) is 0 Å². The molecule has 15 atom stereocenters. The standard InChI is InChI=1S/C22H28O/c1-3-10-13-8(1)12-9-2-4-11-14(9)17-15(12)16(13)18-19(17)21(11)22(20(10)18)5-6-23-7-22/h8-21H,1-7H2/t8-,9+,10-,11-,12?,13+,14-,15?,16+,17-,18-,19+,20-,21+,22?/m1/s1. The molecule has 0 aromatic carbocycles. The Balaban J connectivity index is 1.40. The van der Waals surface area contributed by atoms with Crippen molar-refractivity contribution in [2.45, 2.75) is 32.1 Å². The highest BCUT2D eigenvalue weighted by molar-refractivity contribution is 5.34. The van der Waals surface area contributed by atoms with Crippen LogP contribution in [0.15, 0.2) is 0 Å². The zero-order chi connectivity index (χ0) is 14.2. The van der Waals surface area contributed by atoms with Gasteiger partial charge in [-0.15, -0.1) is 0 Å². The van der Waals surface area contributed by atoms with Crippen LogP contribution < -0.4 is 0 Å². The molecule has 0 amide bonds. The lowest BCUT2D eigenvalue weighted by atomic mass is 9.62. The molecule has 1 nitrogen and oxygen atoms in total. The Kier molecular flexibility index (Phi) is 1.55. The molecule has 0 aromatic rings. The van der Waals surface area contributed by atoms with Crippen molar-refractivity contribution in [1.29, 1.82) is 0 Å². The van der Waals surface area contributed by atoms with Crippen LogP contribution in [0.5, 0.6) is 0 Å². The zero-order valence-electron chi connectivity index (χ0n) is 13.9. The van der Waals surface area contributed by atoms with Gasteiger partial charge < -0.3 is 4.74 Å². The maximum Gasteiger partial charge on any atom is 0.0529 e. The molecular weight excluding hydrogens is 280 g/mol. The number of hydrogen-bond donors (Lipinski definition) is 0. The van der Waals surface area contributed by atoms with E-state index in [2.05, 4.69) is 0 Å². The first-order chi connectivity index (χ1) is 11.4. The van der Waals surface area contributed by atoms with Crippen LogP contribution in [-0.4, -0.2) is 13.2 Å². The Morgan fingerprint density at radius 2 is 1.09 bits per heavy atom. The van der Waals surface area contributed by atoms with E-state index in [-0.39, 0.29) is 0 Å². The van der Waals surface area contributed by atoms with Crippen LogP contribution in [0.4, 0.5) is 0 Å². The topological polar surface area (TPSA) is 9.23 Å². The van der Waals surface area contributed by atoms with Gasteiger partial charge in [0.2, 0.25) is 0 Å². The molecule has 0 bridgehead atoms. The predicted octanol–water partition coefficient (Wildman–Crippen LogP) is 3.69. The summed E-state index contributed by atoms with van der Waals surface area (Å²) in [7, 11) is 0. The van der Waals surface area contributed by atoms with Crippen LogP contribution in [0.2, 0.25) is 0 Å². The maximum absolute atomic E-state index is 6.19. The summed E-state index contributed by atoms with van der Waals surface area (Å²) in [5.74, 6) is 16.7. The van der Waals surface area contributed by atoms with Crippen LogP contribution >= 0.6 is 0 Å². The minimum atomic E-state index is 0.684. The highest BCUT2D eigenvalue weighted by atomic mass is 16.5. The smallest absolute Gasteiger partial charge is 0.0529 e. The minimum absolute atomic E-state index is 0.684. The first-order valence-corrected chi connectivity index (χ1v) is 11.0. The first-order valence-electron chi connectivity index (χ1n) is 11.0.